The maximum absolute atomic E-state index is 13.2. The Balaban J connectivity index is 3.21. The van der Waals surface area contributed by atoms with Crippen molar-refractivity contribution in [2.45, 2.75) is 12.2 Å². The topological polar surface area (TPSA) is 38.3 Å². The molecule has 0 fully saturated rings. The first-order valence-electron chi connectivity index (χ1n) is 5.42. The van der Waals surface area contributed by atoms with E-state index in [0.717, 1.165) is 13.2 Å². The first-order valence-corrected chi connectivity index (χ1v) is 5.42. The molecule has 7 heteroatoms. The van der Waals surface area contributed by atoms with Crippen LogP contribution in [0.1, 0.15) is 17.2 Å². The van der Waals surface area contributed by atoms with Gasteiger partial charge in [-0.3, -0.25) is 5.32 Å². The molecule has 0 heterocycles. The van der Waals surface area contributed by atoms with Crippen LogP contribution in [-0.2, 0) is 15.7 Å². The fourth-order valence-electron chi connectivity index (χ4n) is 1.56. The number of ether oxygens (including phenoxy) is 1. The van der Waals surface area contributed by atoms with Crippen LogP contribution in [0.3, 0.4) is 0 Å². The third-order valence-electron chi connectivity index (χ3n) is 2.47. The molecule has 0 spiro atoms. The smallest absolute Gasteiger partial charge is 0.419 e. The Kier molecular flexibility index (Phi) is 5.11. The van der Waals surface area contributed by atoms with Gasteiger partial charge < -0.3 is 4.74 Å². The van der Waals surface area contributed by atoms with Crippen molar-refractivity contribution < 1.29 is 27.1 Å². The van der Waals surface area contributed by atoms with Crippen LogP contribution in [0.5, 0.6) is 0 Å². The SMILES string of the molecule is C#CCNC(C(=O)OC)c1ccc(F)c(C(F)(F)F)c1. The zero-order chi connectivity index (χ0) is 15.3. The van der Waals surface area contributed by atoms with Crippen LogP contribution >= 0.6 is 0 Å². The number of hydrogen-bond donors (Lipinski definition) is 1. The lowest BCUT2D eigenvalue weighted by Crippen LogP contribution is -2.30. The molecule has 1 rings (SSSR count). The Bertz CT molecular complexity index is 534. The Morgan fingerprint density at radius 1 is 1.50 bits per heavy atom. The molecule has 1 unspecified atom stereocenters. The number of esters is 1. The molecule has 108 valence electrons. The largest absolute Gasteiger partial charge is 0.468 e. The predicted octanol–water partition coefficient (Wildman–Crippen LogP) is 2.28. The van der Waals surface area contributed by atoms with E-state index in [1.54, 1.807) is 0 Å². The van der Waals surface area contributed by atoms with E-state index in [2.05, 4.69) is 16.0 Å². The standard InChI is InChI=1S/C13H11F4NO2/c1-3-6-18-11(12(19)20-2)8-4-5-10(14)9(7-8)13(15,16)17/h1,4-5,7,11,18H,6H2,2H3. The molecule has 20 heavy (non-hydrogen) atoms. The summed E-state index contributed by atoms with van der Waals surface area (Å²) in [7, 11) is 1.08. The second-order valence-corrected chi connectivity index (χ2v) is 3.78. The number of benzene rings is 1. The third kappa shape index (κ3) is 3.71. The molecule has 0 bridgehead atoms. The van der Waals surface area contributed by atoms with E-state index in [4.69, 9.17) is 6.42 Å². The molecule has 0 radical (unpaired) electrons. The molecule has 1 atom stereocenters. The first-order chi connectivity index (χ1) is 9.31. The predicted molar refractivity (Wildman–Crippen MR) is 63.0 cm³/mol. The normalized spacial score (nSPS) is 12.6. The van der Waals surface area contributed by atoms with E-state index in [-0.39, 0.29) is 12.1 Å². The van der Waals surface area contributed by atoms with Gasteiger partial charge in [-0.15, -0.1) is 6.42 Å². The van der Waals surface area contributed by atoms with Crippen LogP contribution in [0.15, 0.2) is 18.2 Å². The Morgan fingerprint density at radius 2 is 2.15 bits per heavy atom. The summed E-state index contributed by atoms with van der Waals surface area (Å²) in [6.45, 7) is -0.0570. The Morgan fingerprint density at radius 3 is 2.65 bits per heavy atom. The number of alkyl halides is 3. The fraction of sp³-hybridized carbons (Fsp3) is 0.308. The number of nitrogens with one attached hydrogen (secondary N) is 1. The Hall–Kier alpha value is -2.07. The van der Waals surface area contributed by atoms with E-state index in [0.29, 0.717) is 12.1 Å². The number of carbonyl (C=O) groups excluding carboxylic acids is 1. The quantitative estimate of drug-likeness (QED) is 0.525. The summed E-state index contributed by atoms with van der Waals surface area (Å²) < 4.78 is 55.5. The monoisotopic (exact) mass is 289 g/mol. The maximum Gasteiger partial charge on any atom is 0.419 e. The van der Waals surface area contributed by atoms with Gasteiger partial charge in [-0.25, -0.2) is 9.18 Å². The summed E-state index contributed by atoms with van der Waals surface area (Å²) in [5.74, 6) is -0.0465. The van der Waals surface area contributed by atoms with Crippen molar-refractivity contribution in [2.24, 2.45) is 0 Å². The number of methoxy groups -OCH3 is 1. The molecule has 0 amide bonds. The third-order valence-corrected chi connectivity index (χ3v) is 2.47. The second kappa shape index (κ2) is 6.39. The highest BCUT2D eigenvalue weighted by Crippen LogP contribution is 2.33. The summed E-state index contributed by atoms with van der Waals surface area (Å²) in [6.07, 6.45) is 0.161. The minimum atomic E-state index is -4.85. The average Bonchev–Trinajstić information content (AvgIpc) is 2.39. The molecule has 0 saturated carbocycles. The minimum Gasteiger partial charge on any atom is -0.468 e. The van der Waals surface area contributed by atoms with Gasteiger partial charge in [0.15, 0.2) is 0 Å². The van der Waals surface area contributed by atoms with Gasteiger partial charge in [0.05, 0.1) is 19.2 Å². The molecule has 0 aliphatic carbocycles. The molecule has 1 aromatic carbocycles. The molecule has 0 aliphatic rings. The van der Waals surface area contributed by atoms with Gasteiger partial charge in [-0.05, 0) is 17.7 Å². The van der Waals surface area contributed by atoms with Crippen LogP contribution in [0, 0.1) is 18.2 Å². The summed E-state index contributed by atoms with van der Waals surface area (Å²) in [4.78, 5) is 11.5. The second-order valence-electron chi connectivity index (χ2n) is 3.78. The van der Waals surface area contributed by atoms with Gasteiger partial charge >= 0.3 is 12.1 Å². The molecule has 1 aromatic rings. The maximum atomic E-state index is 13.2. The van der Waals surface area contributed by atoms with Crippen molar-refractivity contribution >= 4 is 5.97 Å². The zero-order valence-electron chi connectivity index (χ0n) is 10.4. The highest BCUT2D eigenvalue weighted by atomic mass is 19.4. The zero-order valence-corrected chi connectivity index (χ0v) is 10.4. The summed E-state index contributed by atoms with van der Waals surface area (Å²) in [5, 5.41) is 2.53. The van der Waals surface area contributed by atoms with Crippen molar-refractivity contribution in [1.82, 2.24) is 5.32 Å². The van der Waals surface area contributed by atoms with Gasteiger partial charge in [0.25, 0.3) is 0 Å². The Labute approximate surface area is 112 Å². The fourth-order valence-corrected chi connectivity index (χ4v) is 1.56. The minimum absolute atomic E-state index is 0.0570. The summed E-state index contributed by atoms with van der Waals surface area (Å²) >= 11 is 0. The molecule has 0 aliphatic heterocycles. The van der Waals surface area contributed by atoms with Gasteiger partial charge in [0.2, 0.25) is 0 Å². The highest BCUT2D eigenvalue weighted by Gasteiger charge is 2.35. The molecular formula is C13H11F4NO2. The van der Waals surface area contributed by atoms with E-state index in [1.807, 2.05) is 0 Å². The van der Waals surface area contributed by atoms with Crippen molar-refractivity contribution in [3.63, 3.8) is 0 Å². The van der Waals surface area contributed by atoms with Crippen molar-refractivity contribution in [2.75, 3.05) is 13.7 Å². The number of hydrogen-bond acceptors (Lipinski definition) is 3. The van der Waals surface area contributed by atoms with Crippen molar-refractivity contribution in [1.29, 1.82) is 0 Å². The van der Waals surface area contributed by atoms with Gasteiger partial charge in [-0.2, -0.15) is 13.2 Å². The summed E-state index contributed by atoms with van der Waals surface area (Å²) in [6, 6.07) is 1.07. The molecule has 1 N–H and O–H groups in total. The summed E-state index contributed by atoms with van der Waals surface area (Å²) in [5.41, 5.74) is -1.53. The lowest BCUT2D eigenvalue weighted by Gasteiger charge is -2.17. The van der Waals surface area contributed by atoms with E-state index >= 15 is 0 Å². The van der Waals surface area contributed by atoms with Gasteiger partial charge in [-0.1, -0.05) is 12.0 Å². The lowest BCUT2D eigenvalue weighted by atomic mass is 10.0. The van der Waals surface area contributed by atoms with E-state index in [9.17, 15) is 22.4 Å². The molecule has 0 saturated heterocycles. The number of halogens is 4. The van der Waals surface area contributed by atoms with Crippen LogP contribution < -0.4 is 5.32 Å². The van der Waals surface area contributed by atoms with Crippen LogP contribution in [-0.4, -0.2) is 19.6 Å². The van der Waals surface area contributed by atoms with Crippen molar-refractivity contribution in [3.05, 3.63) is 35.1 Å². The number of rotatable bonds is 4. The van der Waals surface area contributed by atoms with E-state index < -0.39 is 29.6 Å². The van der Waals surface area contributed by atoms with Gasteiger partial charge in [0.1, 0.15) is 11.9 Å². The van der Waals surface area contributed by atoms with Gasteiger partial charge in [0, 0.05) is 0 Å². The average molecular weight is 289 g/mol. The molecule has 3 nitrogen and oxygen atoms in total. The van der Waals surface area contributed by atoms with Crippen molar-refractivity contribution in [3.8, 4) is 12.3 Å². The van der Waals surface area contributed by atoms with E-state index in [1.165, 1.54) is 0 Å². The van der Waals surface area contributed by atoms with Crippen LogP contribution in [0.2, 0.25) is 0 Å². The molecule has 0 aromatic heterocycles. The van der Waals surface area contributed by atoms with Crippen LogP contribution in [0.25, 0.3) is 0 Å². The number of terminal acetylenes is 1. The molecular weight excluding hydrogens is 278 g/mol. The first kappa shape index (κ1) is 16.0. The van der Waals surface area contributed by atoms with Crippen LogP contribution in [0.4, 0.5) is 17.6 Å². The highest BCUT2D eigenvalue weighted by molar-refractivity contribution is 5.77. The number of carbonyl (C=O) groups is 1. The lowest BCUT2D eigenvalue weighted by molar-refractivity contribution is -0.144.